The Bertz CT molecular complexity index is 1280. The highest BCUT2D eigenvalue weighted by Crippen LogP contribution is 2.31. The van der Waals surface area contributed by atoms with Crippen LogP contribution in [0.15, 0.2) is 70.0 Å². The lowest BCUT2D eigenvalue weighted by molar-refractivity contribution is -0.121. The van der Waals surface area contributed by atoms with Gasteiger partial charge in [-0.2, -0.15) is 0 Å². The van der Waals surface area contributed by atoms with E-state index < -0.39 is 10.0 Å². The molecule has 0 saturated carbocycles. The molecule has 2 aromatic carbocycles. The summed E-state index contributed by atoms with van der Waals surface area (Å²) >= 11 is 1.56. The Kier molecular flexibility index (Phi) is 6.17. The molecule has 2 aromatic heterocycles. The predicted octanol–water partition coefficient (Wildman–Crippen LogP) is 3.71. The summed E-state index contributed by atoms with van der Waals surface area (Å²) in [6.07, 6.45) is 0.810. The van der Waals surface area contributed by atoms with E-state index in [0.717, 1.165) is 20.8 Å². The summed E-state index contributed by atoms with van der Waals surface area (Å²) in [7, 11) is -2.09. The van der Waals surface area contributed by atoms with Crippen molar-refractivity contribution in [2.45, 2.75) is 24.3 Å². The molecule has 160 valence electrons. The Labute approximate surface area is 184 Å². The van der Waals surface area contributed by atoms with Gasteiger partial charge in [-0.25, -0.2) is 18.1 Å². The zero-order valence-electron chi connectivity index (χ0n) is 16.8. The molecule has 4 rings (SSSR count). The van der Waals surface area contributed by atoms with Crippen molar-refractivity contribution in [1.29, 1.82) is 0 Å². The maximum absolute atomic E-state index is 12.2. The van der Waals surface area contributed by atoms with Crippen LogP contribution in [0.2, 0.25) is 0 Å². The van der Waals surface area contributed by atoms with E-state index in [1.54, 1.807) is 23.5 Å². The van der Waals surface area contributed by atoms with E-state index in [4.69, 9.17) is 4.42 Å². The number of benzene rings is 2. The number of hydrogen-bond acceptors (Lipinski definition) is 6. The van der Waals surface area contributed by atoms with Crippen LogP contribution in [0.3, 0.4) is 0 Å². The number of rotatable bonds is 8. The molecule has 7 nitrogen and oxygen atoms in total. The number of hydrogen-bond donors (Lipinski definition) is 2. The molecule has 1 amide bonds. The smallest absolute Gasteiger partial charge is 0.240 e. The summed E-state index contributed by atoms with van der Waals surface area (Å²) in [6, 6.07) is 18.1. The second-order valence-electron chi connectivity index (χ2n) is 6.88. The van der Waals surface area contributed by atoms with Gasteiger partial charge in [0.2, 0.25) is 15.9 Å². The monoisotopic (exact) mass is 455 g/mol. The molecule has 0 aliphatic rings. The first-order valence-electron chi connectivity index (χ1n) is 9.68. The number of fused-ring (bicyclic) bond motifs is 1. The highest BCUT2D eigenvalue weighted by molar-refractivity contribution is 7.89. The van der Waals surface area contributed by atoms with Gasteiger partial charge < -0.3 is 9.73 Å². The number of sulfonamides is 1. The standard InChI is InChI=1S/C22H21N3O4S2/c1-23-31(27,28)17-10-6-15(7-11-17)8-13-21(26)24-14-16-9-12-19(29-16)22-25-18-4-2-3-5-20(18)30-22/h2-7,9-12,23H,8,13-14H2,1H3,(H,24,26). The average Bonchev–Trinajstić information content (AvgIpc) is 3.43. The van der Waals surface area contributed by atoms with Crippen LogP contribution in [0, 0.1) is 0 Å². The van der Waals surface area contributed by atoms with Gasteiger partial charge in [0.05, 0.1) is 21.7 Å². The number of aryl methyl sites for hydroxylation is 1. The topological polar surface area (TPSA) is 101 Å². The van der Waals surface area contributed by atoms with Crippen LogP contribution >= 0.6 is 11.3 Å². The molecule has 9 heteroatoms. The van der Waals surface area contributed by atoms with Gasteiger partial charge in [-0.3, -0.25) is 4.79 Å². The molecule has 0 bridgehead atoms. The van der Waals surface area contributed by atoms with E-state index in [0.29, 0.717) is 30.9 Å². The second-order valence-corrected chi connectivity index (χ2v) is 9.80. The number of furan rings is 1. The number of para-hydroxylation sites is 1. The highest BCUT2D eigenvalue weighted by atomic mass is 32.2. The van der Waals surface area contributed by atoms with E-state index in [-0.39, 0.29) is 10.8 Å². The van der Waals surface area contributed by atoms with Gasteiger partial charge in [0.1, 0.15) is 5.76 Å². The Morgan fingerprint density at radius 1 is 1.06 bits per heavy atom. The van der Waals surface area contributed by atoms with Crippen molar-refractivity contribution in [3.05, 3.63) is 72.0 Å². The molecule has 0 saturated heterocycles. The fourth-order valence-electron chi connectivity index (χ4n) is 3.05. The highest BCUT2D eigenvalue weighted by Gasteiger charge is 2.12. The normalized spacial score (nSPS) is 11.6. The van der Waals surface area contributed by atoms with Crippen molar-refractivity contribution in [2.24, 2.45) is 0 Å². The third-order valence-corrected chi connectivity index (χ3v) is 7.25. The van der Waals surface area contributed by atoms with E-state index in [1.165, 1.54) is 19.2 Å². The molecule has 31 heavy (non-hydrogen) atoms. The molecule has 0 atom stereocenters. The van der Waals surface area contributed by atoms with Crippen molar-refractivity contribution in [3.8, 4) is 10.8 Å². The molecule has 0 aliphatic heterocycles. The summed E-state index contributed by atoms with van der Waals surface area (Å²) < 4.78 is 32.7. The number of carbonyl (C=O) groups excluding carboxylic acids is 1. The van der Waals surface area contributed by atoms with Crippen LogP contribution in [0.5, 0.6) is 0 Å². The molecule has 0 aliphatic carbocycles. The van der Waals surface area contributed by atoms with Gasteiger partial charge in [-0.1, -0.05) is 24.3 Å². The molecule has 0 fully saturated rings. The minimum absolute atomic E-state index is 0.107. The SMILES string of the molecule is CNS(=O)(=O)c1ccc(CCC(=O)NCc2ccc(-c3nc4ccccc4s3)o2)cc1. The third kappa shape index (κ3) is 5.01. The Morgan fingerprint density at radius 3 is 2.58 bits per heavy atom. The molecule has 2 N–H and O–H groups in total. The lowest BCUT2D eigenvalue weighted by Crippen LogP contribution is -2.22. The Balaban J connectivity index is 1.29. The number of carbonyl (C=O) groups is 1. The zero-order chi connectivity index (χ0) is 21.8. The minimum Gasteiger partial charge on any atom is -0.457 e. The summed E-state index contributed by atoms with van der Waals surface area (Å²) in [6.45, 7) is 0.295. The fourth-order valence-corrected chi connectivity index (χ4v) is 4.71. The quantitative estimate of drug-likeness (QED) is 0.422. The van der Waals surface area contributed by atoms with Gasteiger partial charge >= 0.3 is 0 Å². The minimum atomic E-state index is -3.45. The maximum Gasteiger partial charge on any atom is 0.240 e. The number of aromatic nitrogens is 1. The predicted molar refractivity (Wildman–Crippen MR) is 120 cm³/mol. The van der Waals surface area contributed by atoms with Gasteiger partial charge in [0.25, 0.3) is 0 Å². The third-order valence-electron chi connectivity index (χ3n) is 4.77. The van der Waals surface area contributed by atoms with Crippen LogP contribution in [-0.2, 0) is 27.8 Å². The lowest BCUT2D eigenvalue weighted by atomic mass is 10.1. The molecule has 0 spiro atoms. The Morgan fingerprint density at radius 2 is 1.84 bits per heavy atom. The summed E-state index contributed by atoms with van der Waals surface area (Å²) in [5, 5.41) is 3.66. The van der Waals surface area contributed by atoms with Crippen molar-refractivity contribution >= 4 is 37.5 Å². The van der Waals surface area contributed by atoms with Gasteiger partial charge in [0.15, 0.2) is 10.8 Å². The summed E-state index contributed by atoms with van der Waals surface area (Å²) in [5.41, 5.74) is 1.83. The first-order valence-corrected chi connectivity index (χ1v) is 12.0. The average molecular weight is 456 g/mol. The van der Waals surface area contributed by atoms with Crippen LogP contribution in [0.25, 0.3) is 21.0 Å². The van der Waals surface area contributed by atoms with Crippen molar-refractivity contribution in [1.82, 2.24) is 15.0 Å². The van der Waals surface area contributed by atoms with Crippen molar-refractivity contribution < 1.29 is 17.6 Å². The fraction of sp³-hybridized carbons (Fsp3) is 0.182. The molecular formula is C22H21N3O4S2. The van der Waals surface area contributed by atoms with Crippen molar-refractivity contribution in [2.75, 3.05) is 7.05 Å². The number of amides is 1. The molecule has 4 aromatic rings. The number of thiazole rings is 1. The van der Waals surface area contributed by atoms with E-state index in [2.05, 4.69) is 15.0 Å². The van der Waals surface area contributed by atoms with Gasteiger partial charge in [-0.05, 0) is 55.4 Å². The first-order chi connectivity index (χ1) is 14.9. The van der Waals surface area contributed by atoms with E-state index in [9.17, 15) is 13.2 Å². The van der Waals surface area contributed by atoms with Crippen molar-refractivity contribution in [3.63, 3.8) is 0 Å². The lowest BCUT2D eigenvalue weighted by Gasteiger charge is -2.06. The number of nitrogens with zero attached hydrogens (tertiary/aromatic N) is 1. The first kappa shape index (κ1) is 21.2. The van der Waals surface area contributed by atoms with Gasteiger partial charge in [0, 0.05) is 6.42 Å². The summed E-state index contributed by atoms with van der Waals surface area (Å²) in [5.74, 6) is 1.23. The van der Waals surface area contributed by atoms with E-state index >= 15 is 0 Å². The Hall–Kier alpha value is -3.01. The molecule has 0 unspecified atom stereocenters. The molecule has 2 heterocycles. The second kappa shape index (κ2) is 9.01. The van der Waals surface area contributed by atoms with Crippen LogP contribution in [0.1, 0.15) is 17.7 Å². The molecular weight excluding hydrogens is 434 g/mol. The van der Waals surface area contributed by atoms with Crippen LogP contribution in [-0.4, -0.2) is 26.4 Å². The largest absolute Gasteiger partial charge is 0.457 e. The zero-order valence-corrected chi connectivity index (χ0v) is 18.4. The van der Waals surface area contributed by atoms with Gasteiger partial charge in [-0.15, -0.1) is 11.3 Å². The van der Waals surface area contributed by atoms with E-state index in [1.807, 2.05) is 36.4 Å². The van der Waals surface area contributed by atoms with Crippen LogP contribution < -0.4 is 10.0 Å². The maximum atomic E-state index is 12.2. The van der Waals surface area contributed by atoms with Crippen LogP contribution in [0.4, 0.5) is 0 Å². The summed E-state index contributed by atoms with van der Waals surface area (Å²) in [4.78, 5) is 17.0. The molecule has 0 radical (unpaired) electrons. The number of nitrogens with one attached hydrogen (secondary N) is 2.